The van der Waals surface area contributed by atoms with Crippen LogP contribution in [-0.2, 0) is 23.7 Å². The average Bonchev–Trinajstić information content (AvgIpc) is 3.37. The molecule has 0 aromatic rings. The predicted octanol–water partition coefficient (Wildman–Crippen LogP) is 2.05. The van der Waals surface area contributed by atoms with Crippen molar-refractivity contribution in [3.63, 3.8) is 0 Å². The van der Waals surface area contributed by atoms with Gasteiger partial charge in [0.2, 0.25) is 0 Å². The third kappa shape index (κ3) is 7.39. The van der Waals surface area contributed by atoms with Gasteiger partial charge in [-0.15, -0.1) is 0 Å². The van der Waals surface area contributed by atoms with Crippen molar-refractivity contribution in [1.29, 1.82) is 0 Å². The zero-order valence-corrected chi connectivity index (χ0v) is 31.2. The van der Waals surface area contributed by atoms with E-state index in [9.17, 15) is 35.7 Å². The fraction of sp³-hybridized carbons (Fsp3) is 0.897. The summed E-state index contributed by atoms with van der Waals surface area (Å²) in [4.78, 5) is 0. The molecule has 6 rings (SSSR count). The summed E-state index contributed by atoms with van der Waals surface area (Å²) in [5.74, 6) is 1.11. The lowest BCUT2D eigenvalue weighted by Crippen LogP contribution is -2.60. The maximum absolute atomic E-state index is 11.6. The second-order valence-electron chi connectivity index (χ2n) is 17.4. The Morgan fingerprint density at radius 3 is 2.18 bits per heavy atom. The van der Waals surface area contributed by atoms with E-state index in [2.05, 4.69) is 46.8 Å². The first-order chi connectivity index (χ1) is 24.1. The monoisotopic (exact) mass is 724 g/mol. The van der Waals surface area contributed by atoms with E-state index in [1.807, 2.05) is 0 Å². The molecule has 0 aromatic carbocycles. The average molecular weight is 725 g/mol. The normalized spacial score (nSPS) is 49.3. The smallest absolute Gasteiger partial charge is 0.187 e. The number of fused-ring (bicyclic) bond motifs is 4. The minimum atomic E-state index is -1.34. The maximum Gasteiger partial charge on any atom is 0.187 e. The number of ether oxygens (including phenoxy) is 5. The first kappa shape index (κ1) is 39.7. The molecule has 7 N–H and O–H groups in total. The van der Waals surface area contributed by atoms with Crippen LogP contribution in [0.5, 0.6) is 0 Å². The van der Waals surface area contributed by atoms with Gasteiger partial charge < -0.3 is 59.4 Å². The molecule has 0 spiro atoms. The van der Waals surface area contributed by atoms with Gasteiger partial charge in [0.05, 0.1) is 38.1 Å². The molecule has 0 radical (unpaired) electrons. The van der Waals surface area contributed by atoms with E-state index in [0.29, 0.717) is 25.2 Å². The summed E-state index contributed by atoms with van der Waals surface area (Å²) in [6.07, 6.45) is -0.359. The number of methoxy groups -OCH3 is 1. The Bertz CT molecular complexity index is 1260. The third-order valence-electron chi connectivity index (χ3n) is 14.2. The van der Waals surface area contributed by atoms with Crippen molar-refractivity contribution in [2.24, 2.45) is 46.3 Å². The van der Waals surface area contributed by atoms with E-state index in [0.717, 1.165) is 25.7 Å². The lowest BCUT2D eigenvalue weighted by molar-refractivity contribution is -0.346. The van der Waals surface area contributed by atoms with Gasteiger partial charge in [-0.25, -0.2) is 0 Å². The van der Waals surface area contributed by atoms with Crippen molar-refractivity contribution in [2.75, 3.05) is 26.9 Å². The molecular weight excluding hydrogens is 660 g/mol. The van der Waals surface area contributed by atoms with Crippen LogP contribution in [0.4, 0.5) is 0 Å². The zero-order chi connectivity index (χ0) is 37.0. The number of aliphatic hydroxyl groups is 7. The highest BCUT2D eigenvalue weighted by Gasteiger charge is 2.59. The molecule has 4 aliphatic carbocycles. The van der Waals surface area contributed by atoms with Crippen LogP contribution in [0.25, 0.3) is 0 Å². The Morgan fingerprint density at radius 1 is 0.824 bits per heavy atom. The molecule has 51 heavy (non-hydrogen) atoms. The van der Waals surface area contributed by atoms with Gasteiger partial charge >= 0.3 is 0 Å². The highest BCUT2D eigenvalue weighted by atomic mass is 16.8. The second kappa shape index (κ2) is 15.6. The zero-order valence-electron chi connectivity index (χ0n) is 31.2. The molecule has 0 bridgehead atoms. The number of rotatable bonds is 10. The fourth-order valence-corrected chi connectivity index (χ4v) is 10.8. The Labute approximate surface area is 302 Å². The lowest BCUT2D eigenvalue weighted by atomic mass is 9.48. The third-order valence-corrected chi connectivity index (χ3v) is 14.2. The molecule has 12 nitrogen and oxygen atoms in total. The second-order valence-corrected chi connectivity index (χ2v) is 17.4. The van der Waals surface area contributed by atoms with Crippen LogP contribution >= 0.6 is 0 Å². The van der Waals surface area contributed by atoms with Crippen LogP contribution < -0.4 is 0 Å². The van der Waals surface area contributed by atoms with Crippen LogP contribution in [0.2, 0.25) is 0 Å². The van der Waals surface area contributed by atoms with Gasteiger partial charge in [0.25, 0.3) is 0 Å². The van der Waals surface area contributed by atoms with E-state index in [4.69, 9.17) is 23.7 Å². The highest BCUT2D eigenvalue weighted by Crippen LogP contribution is 2.65. The van der Waals surface area contributed by atoms with Crippen LogP contribution in [0.1, 0.15) is 79.6 Å². The summed E-state index contributed by atoms with van der Waals surface area (Å²) < 4.78 is 28.7. The minimum absolute atomic E-state index is 0.0493. The molecule has 12 heteroatoms. The van der Waals surface area contributed by atoms with Gasteiger partial charge in [0.15, 0.2) is 12.6 Å². The van der Waals surface area contributed by atoms with Gasteiger partial charge in [0, 0.05) is 7.11 Å². The van der Waals surface area contributed by atoms with E-state index in [1.165, 1.54) is 18.3 Å². The van der Waals surface area contributed by atoms with Crippen LogP contribution in [-0.4, -0.2) is 130 Å². The van der Waals surface area contributed by atoms with E-state index in [-0.39, 0.29) is 66.3 Å². The van der Waals surface area contributed by atoms with Crippen LogP contribution in [0, 0.1) is 46.3 Å². The molecule has 2 aliphatic heterocycles. The number of aliphatic hydroxyl groups excluding tert-OH is 7. The topological polar surface area (TPSA) is 188 Å². The molecule has 19 atom stereocenters. The SMILES string of the molecule is CO[C@H]1[C@H](O[C@H]2[C@H](OC[C@@H](C)[C@H](C)/C=C/[C@@H](C)[C@H]3C[C@@H](O)C4=C5C[C@H](O)[C@H]6C[C@@H](O)CC[C@]6(C)[C@H]5CC[C@@]43C)OC[C@@H](O)[C@@H]2O)OC[C@@H](O)[C@@H]1O. The van der Waals surface area contributed by atoms with E-state index < -0.39 is 61.4 Å². The van der Waals surface area contributed by atoms with Crippen molar-refractivity contribution < 1.29 is 59.4 Å². The molecular formula is C39H64O12. The number of hydrogen-bond donors (Lipinski definition) is 7. The van der Waals surface area contributed by atoms with Gasteiger partial charge in [-0.1, -0.05) is 52.3 Å². The van der Waals surface area contributed by atoms with Gasteiger partial charge in [-0.2, -0.15) is 0 Å². The molecule has 0 aromatic heterocycles. The number of allylic oxidation sites excluding steroid dienone is 2. The van der Waals surface area contributed by atoms with Crippen molar-refractivity contribution in [3.05, 3.63) is 23.3 Å². The molecule has 292 valence electrons. The van der Waals surface area contributed by atoms with Gasteiger partial charge in [-0.05, 0) is 96.9 Å². The summed E-state index contributed by atoms with van der Waals surface area (Å²) in [5.41, 5.74) is 2.29. The fourth-order valence-electron chi connectivity index (χ4n) is 10.8. The summed E-state index contributed by atoms with van der Waals surface area (Å²) in [5, 5.41) is 74.8. The standard InChI is InChI=1S/C39H64O12/c1-19(21(3)16-48-36-35(33(46)30(44)17-49-36)51-37-34(47-6)32(45)29(43)18-50-37)7-8-20(2)25-15-28(42)31-23-14-27(41)26-13-22(40)9-11-38(26,4)24(23)10-12-39(25,31)5/h7-8,19-22,24-30,32-37,40-46H,9-18H2,1-6H3/b8-7+/t19-,20-,21-,22+,24+,25-,26-,27+,28-,29-,30-,32+,33+,34-,35-,36-,37+,38-,39-/m1/s1. The summed E-state index contributed by atoms with van der Waals surface area (Å²) in [7, 11) is 1.36. The lowest BCUT2D eigenvalue weighted by Gasteiger charge is -2.58. The Balaban J connectivity index is 1.08. The molecule has 2 saturated heterocycles. The van der Waals surface area contributed by atoms with Crippen LogP contribution in [0.15, 0.2) is 23.3 Å². The summed E-state index contributed by atoms with van der Waals surface area (Å²) in [6.45, 7) is 11.0. The largest absolute Gasteiger partial charge is 0.393 e. The van der Waals surface area contributed by atoms with Crippen molar-refractivity contribution in [2.45, 2.75) is 147 Å². The maximum atomic E-state index is 11.6. The van der Waals surface area contributed by atoms with E-state index >= 15 is 0 Å². The number of hydrogen-bond acceptors (Lipinski definition) is 12. The van der Waals surface area contributed by atoms with Gasteiger partial charge in [-0.3, -0.25) is 0 Å². The van der Waals surface area contributed by atoms with E-state index in [1.54, 1.807) is 0 Å². The molecule has 3 saturated carbocycles. The van der Waals surface area contributed by atoms with Crippen molar-refractivity contribution >= 4 is 0 Å². The summed E-state index contributed by atoms with van der Waals surface area (Å²) in [6, 6.07) is 0. The first-order valence-corrected chi connectivity index (χ1v) is 19.3. The highest BCUT2D eigenvalue weighted by molar-refractivity contribution is 5.38. The molecule has 0 amide bonds. The molecule has 6 aliphatic rings. The Kier molecular flexibility index (Phi) is 12.2. The first-order valence-electron chi connectivity index (χ1n) is 19.3. The van der Waals surface area contributed by atoms with Gasteiger partial charge in [0.1, 0.15) is 36.6 Å². The quantitative estimate of drug-likeness (QED) is 0.163. The molecule has 0 unspecified atom stereocenters. The van der Waals surface area contributed by atoms with Crippen molar-refractivity contribution in [1.82, 2.24) is 0 Å². The Morgan fingerprint density at radius 2 is 1.49 bits per heavy atom. The Hall–Kier alpha value is -1.00. The van der Waals surface area contributed by atoms with Crippen molar-refractivity contribution in [3.8, 4) is 0 Å². The minimum Gasteiger partial charge on any atom is -0.393 e. The van der Waals surface area contributed by atoms with Crippen LogP contribution in [0.3, 0.4) is 0 Å². The predicted molar refractivity (Wildman–Crippen MR) is 186 cm³/mol. The molecule has 5 fully saturated rings. The molecule has 2 heterocycles. The summed E-state index contributed by atoms with van der Waals surface area (Å²) >= 11 is 0.